The number of hydrogen-bond acceptors (Lipinski definition) is 2. The molecule has 2 rings (SSSR count). The molecule has 0 aliphatic carbocycles. The molecule has 82 valence electrons. The molecule has 16 heavy (non-hydrogen) atoms. The van der Waals surface area contributed by atoms with Gasteiger partial charge in [0.15, 0.2) is 0 Å². The maximum atomic E-state index is 12.0. The zero-order valence-corrected chi connectivity index (χ0v) is 9.44. The molecule has 0 atom stereocenters. The van der Waals surface area contributed by atoms with Crippen LogP contribution in [0.25, 0.3) is 10.9 Å². The number of halogens is 1. The van der Waals surface area contributed by atoms with Crippen LogP contribution in [0.5, 0.6) is 0 Å². The topological polar surface area (TPSA) is 34.9 Å². The summed E-state index contributed by atoms with van der Waals surface area (Å²) < 4.78 is 1.58. The lowest BCUT2D eigenvalue weighted by Crippen LogP contribution is -2.20. The second-order valence-corrected chi connectivity index (χ2v) is 3.92. The van der Waals surface area contributed by atoms with Crippen LogP contribution >= 0.6 is 11.6 Å². The summed E-state index contributed by atoms with van der Waals surface area (Å²) in [5.74, 6) is 0. The molecule has 1 heterocycles. The molecule has 0 radical (unpaired) electrons. The number of nitrogens with zero attached hydrogens (tertiary/aromatic N) is 2. The largest absolute Gasteiger partial charge is 0.298 e. The summed E-state index contributed by atoms with van der Waals surface area (Å²) in [5.41, 5.74) is 0.593. The van der Waals surface area contributed by atoms with Gasteiger partial charge >= 0.3 is 0 Å². The standard InChI is InChI=1S/C12H11ClN2O/c1-2-3-6-15-8-14-11-7-9(13)4-5-10(11)12(15)16/h2,4-5,7-8H,1,3,6H2. The fourth-order valence-corrected chi connectivity index (χ4v) is 1.69. The van der Waals surface area contributed by atoms with Crippen molar-refractivity contribution >= 4 is 22.5 Å². The lowest BCUT2D eigenvalue weighted by molar-refractivity contribution is 0.674. The van der Waals surface area contributed by atoms with Crippen molar-refractivity contribution in [2.75, 3.05) is 0 Å². The van der Waals surface area contributed by atoms with Gasteiger partial charge in [0.05, 0.1) is 17.2 Å². The van der Waals surface area contributed by atoms with Gasteiger partial charge in [-0.3, -0.25) is 9.36 Å². The molecule has 3 nitrogen and oxygen atoms in total. The number of benzene rings is 1. The van der Waals surface area contributed by atoms with Gasteiger partial charge in [-0.1, -0.05) is 17.7 Å². The van der Waals surface area contributed by atoms with E-state index in [1.54, 1.807) is 35.2 Å². The second-order valence-electron chi connectivity index (χ2n) is 3.48. The lowest BCUT2D eigenvalue weighted by atomic mass is 10.2. The molecular weight excluding hydrogens is 224 g/mol. The van der Waals surface area contributed by atoms with Crippen LogP contribution in [-0.4, -0.2) is 9.55 Å². The first kappa shape index (κ1) is 10.9. The van der Waals surface area contributed by atoms with Crippen molar-refractivity contribution in [3.63, 3.8) is 0 Å². The summed E-state index contributed by atoms with van der Waals surface area (Å²) in [6.45, 7) is 4.23. The van der Waals surface area contributed by atoms with Crippen molar-refractivity contribution in [3.8, 4) is 0 Å². The molecule has 1 aromatic heterocycles. The van der Waals surface area contributed by atoms with Gasteiger partial charge in [-0.25, -0.2) is 4.98 Å². The van der Waals surface area contributed by atoms with E-state index in [1.807, 2.05) is 0 Å². The average molecular weight is 235 g/mol. The Labute approximate surface area is 98.0 Å². The van der Waals surface area contributed by atoms with Crippen LogP contribution in [0.4, 0.5) is 0 Å². The average Bonchev–Trinajstić information content (AvgIpc) is 2.28. The predicted molar refractivity (Wildman–Crippen MR) is 65.8 cm³/mol. The highest BCUT2D eigenvalue weighted by Gasteiger charge is 2.03. The molecule has 2 aromatic rings. The van der Waals surface area contributed by atoms with E-state index in [0.717, 1.165) is 6.42 Å². The second kappa shape index (κ2) is 4.49. The number of aromatic nitrogens is 2. The summed E-state index contributed by atoms with van der Waals surface area (Å²) in [6.07, 6.45) is 4.07. The molecule has 0 amide bonds. The van der Waals surface area contributed by atoms with Crippen molar-refractivity contribution in [2.24, 2.45) is 0 Å². The van der Waals surface area contributed by atoms with E-state index in [-0.39, 0.29) is 5.56 Å². The van der Waals surface area contributed by atoms with Crippen LogP contribution in [0.3, 0.4) is 0 Å². The van der Waals surface area contributed by atoms with E-state index in [4.69, 9.17) is 11.6 Å². The summed E-state index contributed by atoms with van der Waals surface area (Å²) in [4.78, 5) is 16.2. The third-order valence-electron chi connectivity index (χ3n) is 2.36. The molecule has 1 aromatic carbocycles. The van der Waals surface area contributed by atoms with Crippen molar-refractivity contribution in [3.05, 3.63) is 52.6 Å². The molecule has 0 bridgehead atoms. The number of hydrogen-bond donors (Lipinski definition) is 0. The van der Waals surface area contributed by atoms with Gasteiger partial charge < -0.3 is 0 Å². The Morgan fingerprint density at radius 1 is 1.50 bits per heavy atom. The minimum atomic E-state index is -0.0384. The van der Waals surface area contributed by atoms with Gasteiger partial charge in [0.2, 0.25) is 0 Å². The maximum Gasteiger partial charge on any atom is 0.261 e. The van der Waals surface area contributed by atoms with Crippen molar-refractivity contribution in [1.29, 1.82) is 0 Å². The quantitative estimate of drug-likeness (QED) is 0.766. The Balaban J connectivity index is 2.56. The molecule has 0 spiro atoms. The first-order valence-electron chi connectivity index (χ1n) is 4.98. The monoisotopic (exact) mass is 234 g/mol. The molecule has 0 N–H and O–H groups in total. The minimum Gasteiger partial charge on any atom is -0.298 e. The molecule has 0 aliphatic heterocycles. The Morgan fingerprint density at radius 3 is 3.06 bits per heavy atom. The highest BCUT2D eigenvalue weighted by molar-refractivity contribution is 6.31. The third-order valence-corrected chi connectivity index (χ3v) is 2.60. The SMILES string of the molecule is C=CCCn1cnc2cc(Cl)ccc2c1=O. The number of rotatable bonds is 3. The van der Waals surface area contributed by atoms with Crippen LogP contribution < -0.4 is 5.56 Å². The van der Waals surface area contributed by atoms with Gasteiger partial charge in [-0.2, -0.15) is 0 Å². The fourth-order valence-electron chi connectivity index (χ4n) is 1.52. The molecule has 0 unspecified atom stereocenters. The van der Waals surface area contributed by atoms with Crippen LogP contribution in [0.15, 0.2) is 42.0 Å². The van der Waals surface area contributed by atoms with E-state index in [1.165, 1.54) is 0 Å². The van der Waals surface area contributed by atoms with Gasteiger partial charge in [-0.15, -0.1) is 6.58 Å². The van der Waals surface area contributed by atoms with E-state index < -0.39 is 0 Å². The summed E-state index contributed by atoms with van der Waals surface area (Å²) >= 11 is 5.83. The Hall–Kier alpha value is -1.61. The summed E-state index contributed by atoms with van der Waals surface area (Å²) in [6, 6.07) is 5.10. The molecule has 0 fully saturated rings. The Morgan fingerprint density at radius 2 is 2.31 bits per heavy atom. The number of aryl methyl sites for hydroxylation is 1. The van der Waals surface area contributed by atoms with E-state index >= 15 is 0 Å². The Bertz CT molecular complexity index is 589. The first-order valence-corrected chi connectivity index (χ1v) is 5.36. The minimum absolute atomic E-state index is 0.0384. The molecule has 0 saturated carbocycles. The zero-order chi connectivity index (χ0) is 11.5. The summed E-state index contributed by atoms with van der Waals surface area (Å²) in [5, 5.41) is 1.18. The van der Waals surface area contributed by atoms with E-state index in [2.05, 4.69) is 11.6 Å². The Kier molecular flexibility index (Phi) is 3.06. The maximum absolute atomic E-state index is 12.0. The summed E-state index contributed by atoms with van der Waals surface area (Å²) in [7, 11) is 0. The smallest absolute Gasteiger partial charge is 0.261 e. The van der Waals surface area contributed by atoms with Crippen LogP contribution in [0.1, 0.15) is 6.42 Å². The first-order chi connectivity index (χ1) is 7.72. The number of fused-ring (bicyclic) bond motifs is 1. The fraction of sp³-hybridized carbons (Fsp3) is 0.167. The van der Waals surface area contributed by atoms with Crippen LogP contribution in [0, 0.1) is 0 Å². The van der Waals surface area contributed by atoms with Gasteiger partial charge in [0.1, 0.15) is 0 Å². The normalized spacial score (nSPS) is 10.6. The van der Waals surface area contributed by atoms with Crippen LogP contribution in [0.2, 0.25) is 5.02 Å². The van der Waals surface area contributed by atoms with Gasteiger partial charge in [-0.05, 0) is 24.6 Å². The van der Waals surface area contributed by atoms with Crippen molar-refractivity contribution in [1.82, 2.24) is 9.55 Å². The van der Waals surface area contributed by atoms with Gasteiger partial charge in [0.25, 0.3) is 5.56 Å². The molecule has 0 saturated heterocycles. The highest BCUT2D eigenvalue weighted by atomic mass is 35.5. The molecular formula is C12H11ClN2O. The zero-order valence-electron chi connectivity index (χ0n) is 8.69. The number of allylic oxidation sites excluding steroid dienone is 1. The van der Waals surface area contributed by atoms with Crippen molar-refractivity contribution < 1.29 is 0 Å². The highest BCUT2D eigenvalue weighted by Crippen LogP contribution is 2.14. The lowest BCUT2D eigenvalue weighted by Gasteiger charge is -2.04. The van der Waals surface area contributed by atoms with E-state index in [0.29, 0.717) is 22.5 Å². The third kappa shape index (κ3) is 1.99. The van der Waals surface area contributed by atoms with E-state index in [9.17, 15) is 4.79 Å². The van der Waals surface area contributed by atoms with Gasteiger partial charge in [0, 0.05) is 11.6 Å². The molecule has 4 heteroatoms. The molecule has 0 aliphatic rings. The van der Waals surface area contributed by atoms with Crippen molar-refractivity contribution in [2.45, 2.75) is 13.0 Å². The predicted octanol–water partition coefficient (Wildman–Crippen LogP) is 2.63. The van der Waals surface area contributed by atoms with Crippen LogP contribution in [-0.2, 0) is 6.54 Å².